The van der Waals surface area contributed by atoms with Crippen LogP contribution < -0.4 is 9.47 Å². The first-order valence-corrected chi connectivity index (χ1v) is 7.11. The normalized spacial score (nSPS) is 12.1. The van der Waals surface area contributed by atoms with Crippen LogP contribution >= 0.6 is 27.5 Å². The maximum atomic E-state index is 14.1. The van der Waals surface area contributed by atoms with Crippen LogP contribution in [0.25, 0.3) is 0 Å². The monoisotopic (exact) mass is 358 g/mol. The summed E-state index contributed by atoms with van der Waals surface area (Å²) in [6.07, 6.45) is 0. The molecular formula is C15H13BrClFO2. The summed E-state index contributed by atoms with van der Waals surface area (Å²) in [6.45, 7) is 0. The van der Waals surface area contributed by atoms with E-state index in [1.54, 1.807) is 50.6 Å². The lowest BCUT2D eigenvalue weighted by atomic mass is 10.0. The second kappa shape index (κ2) is 6.46. The van der Waals surface area contributed by atoms with E-state index in [0.717, 1.165) is 0 Å². The Morgan fingerprint density at radius 1 is 1.10 bits per heavy atom. The highest BCUT2D eigenvalue weighted by Crippen LogP contribution is 2.39. The van der Waals surface area contributed by atoms with Crippen molar-refractivity contribution >= 4 is 27.5 Å². The van der Waals surface area contributed by atoms with Gasteiger partial charge in [0.15, 0.2) is 0 Å². The zero-order chi connectivity index (χ0) is 14.7. The largest absolute Gasteiger partial charge is 0.497 e. The zero-order valence-corrected chi connectivity index (χ0v) is 13.3. The zero-order valence-electron chi connectivity index (χ0n) is 11.0. The van der Waals surface area contributed by atoms with Gasteiger partial charge in [-0.2, -0.15) is 0 Å². The second-order valence-corrected chi connectivity index (χ2v) is 5.40. The van der Waals surface area contributed by atoms with Gasteiger partial charge in [-0.15, -0.1) is 11.6 Å². The molecule has 2 rings (SSSR count). The Morgan fingerprint density at radius 2 is 1.85 bits per heavy atom. The average molecular weight is 360 g/mol. The number of alkyl halides is 1. The molecule has 0 N–H and O–H groups in total. The van der Waals surface area contributed by atoms with Gasteiger partial charge in [0, 0.05) is 17.2 Å². The van der Waals surface area contributed by atoms with Gasteiger partial charge in [0.25, 0.3) is 0 Å². The molecule has 0 bridgehead atoms. The van der Waals surface area contributed by atoms with Gasteiger partial charge < -0.3 is 9.47 Å². The number of hydrogen-bond donors (Lipinski definition) is 0. The molecule has 1 unspecified atom stereocenters. The standard InChI is InChI=1S/C15H13BrClFO2/c1-19-9-6-7-10(13(8-9)20-2)14(17)11-4-3-5-12(16)15(11)18/h3-8,14H,1-2H3. The molecule has 2 aromatic rings. The predicted molar refractivity (Wildman–Crippen MR) is 81.3 cm³/mol. The van der Waals surface area contributed by atoms with E-state index >= 15 is 0 Å². The number of hydrogen-bond acceptors (Lipinski definition) is 2. The molecule has 2 nitrogen and oxygen atoms in total. The summed E-state index contributed by atoms with van der Waals surface area (Å²) in [4.78, 5) is 0. The van der Waals surface area contributed by atoms with Gasteiger partial charge in [-0.05, 0) is 34.1 Å². The van der Waals surface area contributed by atoms with Crippen molar-refractivity contribution in [3.05, 3.63) is 57.8 Å². The van der Waals surface area contributed by atoms with Crippen LogP contribution in [0.3, 0.4) is 0 Å². The Bertz CT molecular complexity index is 619. The molecular weight excluding hydrogens is 347 g/mol. The molecule has 0 saturated heterocycles. The third-order valence-electron chi connectivity index (χ3n) is 2.97. The Hall–Kier alpha value is -1.26. The van der Waals surface area contributed by atoms with Gasteiger partial charge in [0.2, 0.25) is 0 Å². The maximum Gasteiger partial charge on any atom is 0.142 e. The molecule has 0 saturated carbocycles. The Labute approximate surface area is 130 Å². The molecule has 106 valence electrons. The van der Waals surface area contributed by atoms with Crippen molar-refractivity contribution in [2.24, 2.45) is 0 Å². The van der Waals surface area contributed by atoms with Crippen molar-refractivity contribution in [3.8, 4) is 11.5 Å². The Kier molecular flexibility index (Phi) is 4.89. The van der Waals surface area contributed by atoms with Crippen LogP contribution in [-0.2, 0) is 0 Å². The van der Waals surface area contributed by atoms with Crippen molar-refractivity contribution in [3.63, 3.8) is 0 Å². The third-order valence-corrected chi connectivity index (χ3v) is 4.05. The number of halogens is 3. The molecule has 0 heterocycles. The predicted octanol–water partition coefficient (Wildman–Crippen LogP) is 4.93. The van der Waals surface area contributed by atoms with E-state index in [1.807, 2.05) is 0 Å². The summed E-state index contributed by atoms with van der Waals surface area (Å²) in [6, 6.07) is 10.3. The van der Waals surface area contributed by atoms with Crippen molar-refractivity contribution in [2.75, 3.05) is 14.2 Å². The molecule has 20 heavy (non-hydrogen) atoms. The van der Waals surface area contributed by atoms with E-state index in [-0.39, 0.29) is 5.82 Å². The van der Waals surface area contributed by atoms with Crippen molar-refractivity contribution < 1.29 is 13.9 Å². The van der Waals surface area contributed by atoms with Gasteiger partial charge in [-0.3, -0.25) is 0 Å². The fourth-order valence-corrected chi connectivity index (χ4v) is 2.64. The molecule has 1 atom stereocenters. The van der Waals surface area contributed by atoms with E-state index in [9.17, 15) is 4.39 Å². The number of benzene rings is 2. The fourth-order valence-electron chi connectivity index (χ4n) is 1.91. The van der Waals surface area contributed by atoms with Crippen LogP contribution in [-0.4, -0.2) is 14.2 Å². The summed E-state index contributed by atoms with van der Waals surface area (Å²) < 4.78 is 24.9. The van der Waals surface area contributed by atoms with E-state index in [2.05, 4.69) is 15.9 Å². The lowest BCUT2D eigenvalue weighted by Gasteiger charge is -2.16. The first kappa shape index (κ1) is 15.1. The van der Waals surface area contributed by atoms with Crippen LogP contribution in [0.15, 0.2) is 40.9 Å². The summed E-state index contributed by atoms with van der Waals surface area (Å²) >= 11 is 9.57. The highest BCUT2D eigenvalue weighted by molar-refractivity contribution is 9.10. The number of ether oxygens (including phenoxy) is 2. The van der Waals surface area contributed by atoms with Gasteiger partial charge >= 0.3 is 0 Å². The highest BCUT2D eigenvalue weighted by Gasteiger charge is 2.20. The molecule has 0 aliphatic rings. The first-order chi connectivity index (χ1) is 9.58. The van der Waals surface area contributed by atoms with E-state index in [4.69, 9.17) is 21.1 Å². The summed E-state index contributed by atoms with van der Waals surface area (Å²) in [5.74, 6) is 0.846. The lowest BCUT2D eigenvalue weighted by Crippen LogP contribution is -2.01. The lowest BCUT2D eigenvalue weighted by molar-refractivity contribution is 0.391. The first-order valence-electron chi connectivity index (χ1n) is 5.88. The summed E-state index contributed by atoms with van der Waals surface area (Å²) in [5.41, 5.74) is 1.08. The molecule has 0 fully saturated rings. The Balaban J connectivity index is 2.47. The smallest absolute Gasteiger partial charge is 0.142 e. The molecule has 0 aromatic heterocycles. The van der Waals surface area contributed by atoms with Gasteiger partial charge in [-0.25, -0.2) is 4.39 Å². The molecule has 0 aliphatic heterocycles. The minimum absolute atomic E-state index is 0.370. The average Bonchev–Trinajstić information content (AvgIpc) is 2.48. The summed E-state index contributed by atoms with van der Waals surface area (Å²) in [7, 11) is 3.11. The summed E-state index contributed by atoms with van der Waals surface area (Å²) in [5, 5.41) is -0.645. The van der Waals surface area contributed by atoms with Crippen LogP contribution in [0, 0.1) is 5.82 Å². The molecule has 0 aliphatic carbocycles. The van der Waals surface area contributed by atoms with Crippen molar-refractivity contribution in [2.45, 2.75) is 5.38 Å². The number of rotatable bonds is 4. The topological polar surface area (TPSA) is 18.5 Å². The van der Waals surface area contributed by atoms with Crippen molar-refractivity contribution in [1.29, 1.82) is 0 Å². The third kappa shape index (κ3) is 2.91. The molecule has 0 amide bonds. The SMILES string of the molecule is COc1ccc(C(Cl)c2cccc(Br)c2F)c(OC)c1. The van der Waals surface area contributed by atoms with Gasteiger partial charge in [-0.1, -0.05) is 12.1 Å². The van der Waals surface area contributed by atoms with Gasteiger partial charge in [0.1, 0.15) is 17.3 Å². The van der Waals surface area contributed by atoms with E-state index in [0.29, 0.717) is 27.1 Å². The molecule has 5 heteroatoms. The van der Waals surface area contributed by atoms with Crippen LogP contribution in [0.2, 0.25) is 0 Å². The van der Waals surface area contributed by atoms with Crippen LogP contribution in [0.5, 0.6) is 11.5 Å². The molecule has 0 radical (unpaired) electrons. The van der Waals surface area contributed by atoms with E-state index in [1.165, 1.54) is 0 Å². The molecule has 2 aromatic carbocycles. The van der Waals surface area contributed by atoms with Crippen molar-refractivity contribution in [1.82, 2.24) is 0 Å². The van der Waals surface area contributed by atoms with Crippen LogP contribution in [0.1, 0.15) is 16.5 Å². The Morgan fingerprint density at radius 3 is 2.50 bits per heavy atom. The van der Waals surface area contributed by atoms with Gasteiger partial charge in [0.05, 0.1) is 24.1 Å². The molecule has 0 spiro atoms. The number of methoxy groups -OCH3 is 2. The quantitative estimate of drug-likeness (QED) is 0.720. The van der Waals surface area contributed by atoms with Crippen LogP contribution in [0.4, 0.5) is 4.39 Å². The second-order valence-electron chi connectivity index (χ2n) is 4.11. The fraction of sp³-hybridized carbons (Fsp3) is 0.200. The maximum absolute atomic E-state index is 14.1. The van der Waals surface area contributed by atoms with E-state index < -0.39 is 5.38 Å². The highest BCUT2D eigenvalue weighted by atomic mass is 79.9. The minimum Gasteiger partial charge on any atom is -0.497 e. The minimum atomic E-state index is -0.645.